The van der Waals surface area contributed by atoms with Crippen molar-refractivity contribution in [1.29, 1.82) is 0 Å². The number of hydrogen-bond donors (Lipinski definition) is 0. The Morgan fingerprint density at radius 1 is 1.32 bits per heavy atom. The second kappa shape index (κ2) is 5.06. The van der Waals surface area contributed by atoms with E-state index in [1.54, 1.807) is 13.8 Å². The van der Waals surface area contributed by atoms with Crippen LogP contribution < -0.4 is 0 Å². The topological polar surface area (TPSA) is 26.3 Å². The van der Waals surface area contributed by atoms with E-state index in [4.69, 9.17) is 4.74 Å². The van der Waals surface area contributed by atoms with E-state index in [1.807, 2.05) is 0 Å². The third-order valence-corrected chi connectivity index (χ3v) is 6.33. The number of halogens is 4. The Balaban J connectivity index is 2.73. The van der Waals surface area contributed by atoms with Gasteiger partial charge in [0.25, 0.3) is 0 Å². The first kappa shape index (κ1) is 14.8. The smallest absolute Gasteiger partial charge is 0.419 e. The molecule has 0 bridgehead atoms. The van der Waals surface area contributed by atoms with Crippen LogP contribution in [0, 0.1) is 6.92 Å². The molecule has 2 aromatic rings. The highest BCUT2D eigenvalue weighted by atomic mass is 79.9. The van der Waals surface area contributed by atoms with Gasteiger partial charge in [0.15, 0.2) is 0 Å². The van der Waals surface area contributed by atoms with Gasteiger partial charge in [-0.05, 0) is 29.8 Å². The summed E-state index contributed by atoms with van der Waals surface area (Å²) in [6, 6.07) is 0. The number of carbonyl (C=O) groups excluding carboxylic acids is 1. The molecule has 2 rings (SSSR count). The molecule has 19 heavy (non-hydrogen) atoms. The van der Waals surface area contributed by atoms with Crippen LogP contribution in [0.1, 0.15) is 27.0 Å². The zero-order valence-corrected chi connectivity index (χ0v) is 13.1. The summed E-state index contributed by atoms with van der Waals surface area (Å²) < 4.78 is 45.3. The van der Waals surface area contributed by atoms with Crippen LogP contribution in [0.2, 0.25) is 0 Å². The van der Waals surface area contributed by atoms with Crippen LogP contribution in [0.25, 0.3) is 9.40 Å². The number of aryl methyl sites for hydroxylation is 1. The fraction of sp³-hybridized carbons (Fsp3) is 0.364. The molecule has 104 valence electrons. The minimum Gasteiger partial charge on any atom is -0.462 e. The van der Waals surface area contributed by atoms with Gasteiger partial charge in [0.1, 0.15) is 4.88 Å². The predicted molar refractivity (Wildman–Crippen MR) is 73.1 cm³/mol. The summed E-state index contributed by atoms with van der Waals surface area (Å²) in [4.78, 5) is 12.0. The average Bonchev–Trinajstić information content (AvgIpc) is 2.77. The summed E-state index contributed by atoms with van der Waals surface area (Å²) in [6.07, 6.45) is -4.57. The maximum Gasteiger partial charge on any atom is 0.419 e. The summed E-state index contributed by atoms with van der Waals surface area (Å²) in [5, 5.41) is 0. The number of hydrogen-bond acceptors (Lipinski definition) is 4. The monoisotopic (exact) mass is 372 g/mol. The summed E-state index contributed by atoms with van der Waals surface area (Å²) in [5.74, 6) is -0.923. The molecule has 0 aliphatic carbocycles. The third-order valence-electron chi connectivity index (χ3n) is 2.37. The fourth-order valence-corrected chi connectivity index (χ4v) is 4.92. The lowest BCUT2D eigenvalue weighted by atomic mass is 10.2. The minimum atomic E-state index is -4.57. The molecule has 0 unspecified atom stereocenters. The number of fused-ring (bicyclic) bond motifs is 1. The van der Waals surface area contributed by atoms with E-state index in [0.717, 1.165) is 27.6 Å². The predicted octanol–water partition coefficient (Wildman–Crippen LogP) is 5.23. The van der Waals surface area contributed by atoms with Crippen LogP contribution in [0.5, 0.6) is 0 Å². The molecule has 2 aromatic heterocycles. The van der Waals surface area contributed by atoms with Crippen molar-refractivity contribution in [1.82, 2.24) is 0 Å². The summed E-state index contributed by atoms with van der Waals surface area (Å²) >= 11 is 5.09. The van der Waals surface area contributed by atoms with Gasteiger partial charge in [0.2, 0.25) is 0 Å². The number of ether oxygens (including phenoxy) is 1. The number of alkyl halides is 3. The molecule has 0 N–H and O–H groups in total. The average molecular weight is 373 g/mol. The van der Waals surface area contributed by atoms with Gasteiger partial charge in [-0.15, -0.1) is 22.7 Å². The molecule has 0 atom stereocenters. The van der Waals surface area contributed by atoms with Crippen LogP contribution >= 0.6 is 38.6 Å². The largest absolute Gasteiger partial charge is 0.462 e. The number of esters is 1. The maximum absolute atomic E-state index is 13.1. The van der Waals surface area contributed by atoms with E-state index in [2.05, 4.69) is 15.9 Å². The van der Waals surface area contributed by atoms with Crippen molar-refractivity contribution in [2.45, 2.75) is 20.0 Å². The van der Waals surface area contributed by atoms with E-state index in [0.29, 0.717) is 9.17 Å². The summed E-state index contributed by atoms with van der Waals surface area (Å²) in [6.45, 7) is 3.33. The number of rotatable bonds is 2. The Morgan fingerprint density at radius 3 is 2.47 bits per heavy atom. The van der Waals surface area contributed by atoms with Crippen molar-refractivity contribution >= 4 is 54.0 Å². The lowest BCUT2D eigenvalue weighted by Gasteiger charge is -2.07. The van der Waals surface area contributed by atoms with E-state index in [9.17, 15) is 18.0 Å². The molecule has 0 spiro atoms. The minimum absolute atomic E-state index is 0.0435. The van der Waals surface area contributed by atoms with Crippen LogP contribution in [0.4, 0.5) is 13.2 Å². The Bertz CT molecular complexity index is 642. The summed E-state index contributed by atoms with van der Waals surface area (Å²) in [5.41, 5.74) is -0.884. The Labute approximate surface area is 123 Å². The molecule has 0 fully saturated rings. The molecule has 0 radical (unpaired) electrons. The first-order valence-corrected chi connectivity index (χ1v) is 7.65. The lowest BCUT2D eigenvalue weighted by molar-refractivity contribution is -0.136. The van der Waals surface area contributed by atoms with Gasteiger partial charge in [-0.1, -0.05) is 0 Å². The Hall–Kier alpha value is -0.600. The molecular formula is C11H8BrF3O2S2. The molecule has 0 aliphatic rings. The molecule has 0 aliphatic heterocycles. The molecule has 8 heteroatoms. The van der Waals surface area contributed by atoms with Crippen LogP contribution in [-0.4, -0.2) is 12.6 Å². The van der Waals surface area contributed by atoms with Crippen LogP contribution in [0.15, 0.2) is 4.47 Å². The van der Waals surface area contributed by atoms with Crippen LogP contribution in [0.3, 0.4) is 0 Å². The molecule has 2 heterocycles. The SMILES string of the molecule is CCOC(=O)c1sc2c(Br)c(C)sc2c1C(F)(F)F. The van der Waals surface area contributed by atoms with Gasteiger partial charge in [0, 0.05) is 9.35 Å². The third kappa shape index (κ3) is 2.53. The number of carbonyl (C=O) groups is 1. The van der Waals surface area contributed by atoms with Gasteiger partial charge in [0.05, 0.1) is 21.6 Å². The first-order chi connectivity index (χ1) is 8.77. The molecule has 0 amide bonds. The lowest BCUT2D eigenvalue weighted by Crippen LogP contribution is -2.12. The van der Waals surface area contributed by atoms with Gasteiger partial charge in [-0.25, -0.2) is 4.79 Å². The molecular weight excluding hydrogens is 365 g/mol. The normalized spacial score (nSPS) is 12.1. The summed E-state index contributed by atoms with van der Waals surface area (Å²) in [7, 11) is 0. The highest BCUT2D eigenvalue weighted by Gasteiger charge is 2.41. The van der Waals surface area contributed by atoms with E-state index < -0.39 is 17.7 Å². The maximum atomic E-state index is 13.1. The standard InChI is InChI=1S/C11H8BrF3O2S2/c1-3-17-10(16)8-5(11(13,14)15)7-9(19-8)6(12)4(2)18-7/h3H2,1-2H3. The van der Waals surface area contributed by atoms with Crippen molar-refractivity contribution < 1.29 is 22.7 Å². The molecule has 0 aromatic carbocycles. The van der Waals surface area contributed by atoms with E-state index in [-0.39, 0.29) is 16.2 Å². The fourth-order valence-electron chi connectivity index (χ4n) is 1.61. The zero-order chi connectivity index (χ0) is 14.4. The quantitative estimate of drug-likeness (QED) is 0.674. The molecule has 2 nitrogen and oxygen atoms in total. The van der Waals surface area contributed by atoms with E-state index >= 15 is 0 Å². The zero-order valence-electron chi connectivity index (χ0n) is 9.85. The second-order valence-corrected chi connectivity index (χ2v) is 6.69. The Morgan fingerprint density at radius 2 is 1.95 bits per heavy atom. The van der Waals surface area contributed by atoms with E-state index in [1.165, 1.54) is 0 Å². The van der Waals surface area contributed by atoms with Crippen molar-refractivity contribution in [2.24, 2.45) is 0 Å². The second-order valence-electron chi connectivity index (χ2n) is 3.65. The molecule has 0 saturated heterocycles. The first-order valence-electron chi connectivity index (χ1n) is 5.23. The van der Waals surface area contributed by atoms with Crippen LogP contribution in [-0.2, 0) is 10.9 Å². The van der Waals surface area contributed by atoms with Crippen molar-refractivity contribution in [3.05, 3.63) is 19.8 Å². The molecule has 0 saturated carbocycles. The van der Waals surface area contributed by atoms with Gasteiger partial charge in [-0.3, -0.25) is 0 Å². The number of thiophene rings is 2. The van der Waals surface area contributed by atoms with Crippen molar-refractivity contribution in [2.75, 3.05) is 6.61 Å². The highest BCUT2D eigenvalue weighted by molar-refractivity contribution is 9.10. The van der Waals surface area contributed by atoms with Gasteiger partial charge >= 0.3 is 12.1 Å². The van der Waals surface area contributed by atoms with Crippen molar-refractivity contribution in [3.63, 3.8) is 0 Å². The van der Waals surface area contributed by atoms with Gasteiger partial charge in [-0.2, -0.15) is 13.2 Å². The van der Waals surface area contributed by atoms with Gasteiger partial charge < -0.3 is 4.74 Å². The highest BCUT2D eigenvalue weighted by Crippen LogP contribution is 2.49. The Kier molecular flexibility index (Phi) is 3.95. The van der Waals surface area contributed by atoms with Crippen molar-refractivity contribution in [3.8, 4) is 0 Å².